The zero-order valence-corrected chi connectivity index (χ0v) is 6.94. The number of rotatable bonds is 2. The molecule has 0 atom stereocenters. The molecule has 4 nitrogen and oxygen atoms in total. The molecule has 4 heteroatoms. The molecule has 0 saturated carbocycles. The number of aliphatic carboxylic acids is 1. The summed E-state index contributed by atoms with van der Waals surface area (Å²) in [5.41, 5.74) is 0. The van der Waals surface area contributed by atoms with Crippen molar-refractivity contribution in [3.63, 3.8) is 0 Å². The molecule has 1 N–H and O–H groups in total. The van der Waals surface area contributed by atoms with Crippen LogP contribution in [0.1, 0.15) is 6.92 Å². The molecular formula is C7H13NO3. The van der Waals surface area contributed by atoms with Gasteiger partial charge in [-0.25, -0.2) is 4.79 Å². The van der Waals surface area contributed by atoms with Gasteiger partial charge < -0.3 is 10.0 Å². The van der Waals surface area contributed by atoms with Crippen molar-refractivity contribution in [1.82, 2.24) is 4.90 Å². The topological polar surface area (TPSA) is 57.6 Å². The minimum absolute atomic E-state index is 0.750. The van der Waals surface area contributed by atoms with Crippen LogP contribution >= 0.6 is 0 Å². The van der Waals surface area contributed by atoms with Crippen LogP contribution in [0.4, 0.5) is 0 Å². The van der Waals surface area contributed by atoms with Crippen LogP contribution in [0, 0.1) is 0 Å². The first kappa shape index (κ1) is 12.4. The van der Waals surface area contributed by atoms with E-state index in [0.29, 0.717) is 0 Å². The summed E-state index contributed by atoms with van der Waals surface area (Å²) in [6.45, 7) is 1.66. The predicted molar refractivity (Wildman–Crippen MR) is 42.2 cm³/mol. The van der Waals surface area contributed by atoms with Gasteiger partial charge in [0.1, 0.15) is 0 Å². The van der Waals surface area contributed by atoms with E-state index >= 15 is 0 Å². The lowest BCUT2D eigenvalue weighted by molar-refractivity contribution is -0.131. The molecule has 0 aromatic rings. The summed E-state index contributed by atoms with van der Waals surface area (Å²) in [6.07, 6.45) is 3.31. The lowest BCUT2D eigenvalue weighted by Crippen LogP contribution is -2.06. The minimum Gasteiger partial charge on any atom is -0.478 e. The average molecular weight is 159 g/mol. The van der Waals surface area contributed by atoms with E-state index in [1.54, 1.807) is 21.0 Å². The van der Waals surface area contributed by atoms with E-state index in [0.717, 1.165) is 12.5 Å². The van der Waals surface area contributed by atoms with E-state index in [4.69, 9.17) is 5.11 Å². The molecular weight excluding hydrogens is 146 g/mol. The predicted octanol–water partition coefficient (Wildman–Crippen LogP) is 0.352. The van der Waals surface area contributed by atoms with Crippen molar-refractivity contribution in [3.05, 3.63) is 12.2 Å². The molecule has 0 aliphatic rings. The molecule has 0 rings (SSSR count). The van der Waals surface area contributed by atoms with Crippen LogP contribution in [-0.4, -0.2) is 36.5 Å². The van der Waals surface area contributed by atoms with Gasteiger partial charge >= 0.3 is 5.97 Å². The van der Waals surface area contributed by atoms with Crippen LogP contribution < -0.4 is 0 Å². The summed E-state index contributed by atoms with van der Waals surface area (Å²) in [5, 5.41) is 7.83. The van der Waals surface area contributed by atoms with Gasteiger partial charge in [0.05, 0.1) is 0 Å². The number of hydrogen-bond acceptors (Lipinski definition) is 2. The fraction of sp³-hybridized carbons (Fsp3) is 0.429. The highest BCUT2D eigenvalue weighted by Gasteiger charge is 1.76. The number of allylic oxidation sites excluding steroid dienone is 1. The largest absolute Gasteiger partial charge is 0.478 e. The molecule has 0 radical (unpaired) electrons. The summed E-state index contributed by atoms with van der Waals surface area (Å²) in [5.74, 6) is -0.891. The molecule has 0 aromatic heterocycles. The number of carbonyl (C=O) groups excluding carboxylic acids is 1. The van der Waals surface area contributed by atoms with Crippen LogP contribution in [0.25, 0.3) is 0 Å². The van der Waals surface area contributed by atoms with Gasteiger partial charge in [0.2, 0.25) is 6.41 Å². The Morgan fingerprint density at radius 2 is 1.82 bits per heavy atom. The normalized spacial score (nSPS) is 8.27. The van der Waals surface area contributed by atoms with Crippen LogP contribution in [0.2, 0.25) is 0 Å². The summed E-state index contributed by atoms with van der Waals surface area (Å²) >= 11 is 0. The van der Waals surface area contributed by atoms with E-state index in [-0.39, 0.29) is 0 Å². The molecule has 0 aromatic carbocycles. The van der Waals surface area contributed by atoms with Crippen LogP contribution in [0.3, 0.4) is 0 Å². The Kier molecular flexibility index (Phi) is 9.76. The Bertz CT molecular complexity index is 141. The van der Waals surface area contributed by atoms with Crippen molar-refractivity contribution in [2.45, 2.75) is 6.92 Å². The van der Waals surface area contributed by atoms with Gasteiger partial charge in [-0.1, -0.05) is 6.08 Å². The minimum atomic E-state index is -0.891. The van der Waals surface area contributed by atoms with Crippen molar-refractivity contribution < 1.29 is 14.7 Å². The van der Waals surface area contributed by atoms with Gasteiger partial charge in [-0.05, 0) is 6.92 Å². The first-order valence-electron chi connectivity index (χ1n) is 3.02. The summed E-state index contributed by atoms with van der Waals surface area (Å²) in [4.78, 5) is 20.4. The summed E-state index contributed by atoms with van der Waals surface area (Å²) in [6, 6.07) is 0. The van der Waals surface area contributed by atoms with Crippen LogP contribution in [0.15, 0.2) is 12.2 Å². The highest BCUT2D eigenvalue weighted by Crippen LogP contribution is 1.65. The molecule has 0 aliphatic heterocycles. The average Bonchev–Trinajstić information content (AvgIpc) is 1.89. The first-order valence-corrected chi connectivity index (χ1v) is 3.02. The quantitative estimate of drug-likeness (QED) is 0.467. The zero-order valence-electron chi connectivity index (χ0n) is 6.94. The standard InChI is InChI=1S/C4H6O2.C3H7NO/c1-2-3-4(5)6;1-4(2)3-5/h2-3H,1H3,(H,5,6);3H,1-2H3. The maximum atomic E-state index is 9.51. The highest BCUT2D eigenvalue weighted by atomic mass is 16.4. The maximum absolute atomic E-state index is 9.51. The maximum Gasteiger partial charge on any atom is 0.327 e. The number of carbonyl (C=O) groups is 2. The third kappa shape index (κ3) is 28.6. The third-order valence-electron chi connectivity index (χ3n) is 0.520. The zero-order chi connectivity index (χ0) is 9.28. The molecule has 11 heavy (non-hydrogen) atoms. The van der Waals surface area contributed by atoms with Crippen molar-refractivity contribution >= 4 is 12.4 Å². The van der Waals surface area contributed by atoms with Crippen molar-refractivity contribution in [2.75, 3.05) is 14.1 Å². The Balaban J connectivity index is 0. The number of amides is 1. The molecule has 0 heterocycles. The second-order valence-electron chi connectivity index (χ2n) is 1.91. The van der Waals surface area contributed by atoms with Crippen molar-refractivity contribution in [3.8, 4) is 0 Å². The van der Waals surface area contributed by atoms with Gasteiger partial charge in [0.25, 0.3) is 0 Å². The third-order valence-corrected chi connectivity index (χ3v) is 0.520. The molecule has 0 fully saturated rings. The smallest absolute Gasteiger partial charge is 0.327 e. The number of hydrogen-bond donors (Lipinski definition) is 1. The lowest BCUT2D eigenvalue weighted by Gasteiger charge is -1.93. The number of carboxylic acids is 1. The number of nitrogens with zero attached hydrogens (tertiary/aromatic N) is 1. The molecule has 0 saturated heterocycles. The van der Waals surface area contributed by atoms with Gasteiger partial charge in [-0.15, -0.1) is 0 Å². The van der Waals surface area contributed by atoms with Gasteiger partial charge in [-0.2, -0.15) is 0 Å². The molecule has 0 spiro atoms. The van der Waals surface area contributed by atoms with E-state index in [1.807, 2.05) is 0 Å². The Morgan fingerprint density at radius 3 is 1.82 bits per heavy atom. The summed E-state index contributed by atoms with van der Waals surface area (Å²) in [7, 11) is 3.38. The van der Waals surface area contributed by atoms with Crippen molar-refractivity contribution in [2.24, 2.45) is 0 Å². The second-order valence-corrected chi connectivity index (χ2v) is 1.91. The highest BCUT2D eigenvalue weighted by molar-refractivity contribution is 5.79. The Hall–Kier alpha value is -1.32. The van der Waals surface area contributed by atoms with E-state index in [2.05, 4.69) is 0 Å². The fourth-order valence-corrected chi connectivity index (χ4v) is 0.143. The first-order chi connectivity index (χ1) is 5.04. The van der Waals surface area contributed by atoms with Crippen molar-refractivity contribution in [1.29, 1.82) is 0 Å². The molecule has 64 valence electrons. The van der Waals surface area contributed by atoms with Crippen LogP contribution in [0.5, 0.6) is 0 Å². The number of carboxylic acid groups (broad SMARTS) is 1. The van der Waals surface area contributed by atoms with Gasteiger partial charge in [-0.3, -0.25) is 4.79 Å². The SMILES string of the molecule is CC=CC(=O)O.CN(C)C=O. The molecule has 0 bridgehead atoms. The summed E-state index contributed by atoms with van der Waals surface area (Å²) < 4.78 is 0. The Morgan fingerprint density at radius 1 is 1.45 bits per heavy atom. The van der Waals surface area contributed by atoms with Crippen LogP contribution in [-0.2, 0) is 9.59 Å². The van der Waals surface area contributed by atoms with E-state index in [9.17, 15) is 9.59 Å². The molecule has 0 aliphatic carbocycles. The second kappa shape index (κ2) is 8.68. The van der Waals surface area contributed by atoms with E-state index < -0.39 is 5.97 Å². The van der Waals surface area contributed by atoms with Gasteiger partial charge in [0, 0.05) is 20.2 Å². The lowest BCUT2D eigenvalue weighted by atomic mass is 10.5. The van der Waals surface area contributed by atoms with Gasteiger partial charge in [0.15, 0.2) is 0 Å². The van der Waals surface area contributed by atoms with E-state index in [1.165, 1.54) is 11.0 Å². The Labute approximate surface area is 66.1 Å². The molecule has 0 unspecified atom stereocenters. The monoisotopic (exact) mass is 159 g/mol. The molecule has 1 amide bonds. The fourth-order valence-electron chi connectivity index (χ4n) is 0.143.